The summed E-state index contributed by atoms with van der Waals surface area (Å²) in [5, 5.41) is 3.41. The van der Waals surface area contributed by atoms with Crippen LogP contribution in [0.3, 0.4) is 0 Å². The maximum absolute atomic E-state index is 11.9. The molecule has 18 heavy (non-hydrogen) atoms. The van der Waals surface area contributed by atoms with Crippen molar-refractivity contribution >= 4 is 34.7 Å². The zero-order valence-electron chi connectivity index (χ0n) is 10.4. The Hall–Kier alpha value is -1.13. The topological polar surface area (TPSA) is 55.1 Å². The van der Waals surface area contributed by atoms with Crippen LogP contribution in [0.1, 0.15) is 19.4 Å². The number of hydrogen-bond donors (Lipinski definition) is 2. The molecule has 0 bridgehead atoms. The summed E-state index contributed by atoms with van der Waals surface area (Å²) < 4.78 is 0. The van der Waals surface area contributed by atoms with Gasteiger partial charge in [0.15, 0.2) is 0 Å². The summed E-state index contributed by atoms with van der Waals surface area (Å²) in [6.45, 7) is 3.92. The molecule has 0 saturated carbocycles. The second kappa shape index (κ2) is 6.71. The molecule has 0 fully saturated rings. The molecule has 0 heterocycles. The Labute approximate surface area is 118 Å². The Morgan fingerprint density at radius 3 is 2.56 bits per heavy atom. The average molecular weight is 285 g/mol. The van der Waals surface area contributed by atoms with E-state index in [4.69, 9.17) is 29.6 Å². The maximum atomic E-state index is 11.9. The Kier molecular flexibility index (Phi) is 5.56. The predicted octanol–water partition coefficient (Wildman–Crippen LogP) is 2.31. The number of thiocarbonyl (C=S) groups is 1. The van der Waals surface area contributed by atoms with Crippen molar-refractivity contribution in [2.24, 2.45) is 11.7 Å². The number of hydrogen-bond acceptors (Lipinski definition) is 2. The molecule has 3 N–H and O–H groups in total. The first-order valence-corrected chi connectivity index (χ1v) is 6.52. The summed E-state index contributed by atoms with van der Waals surface area (Å²) in [4.78, 5) is 12.2. The van der Waals surface area contributed by atoms with Crippen LogP contribution in [0, 0.1) is 5.92 Å². The fraction of sp³-hybridized carbons (Fsp3) is 0.385. The van der Waals surface area contributed by atoms with Crippen molar-refractivity contribution in [2.45, 2.75) is 26.3 Å². The normalized spacial score (nSPS) is 12.2. The number of benzene rings is 1. The van der Waals surface area contributed by atoms with Gasteiger partial charge in [-0.3, -0.25) is 4.79 Å². The number of halogens is 1. The second-order valence-corrected chi connectivity index (χ2v) is 5.34. The summed E-state index contributed by atoms with van der Waals surface area (Å²) in [6, 6.07) is 6.98. The highest BCUT2D eigenvalue weighted by atomic mass is 35.5. The van der Waals surface area contributed by atoms with Crippen LogP contribution >= 0.6 is 23.8 Å². The molecule has 1 aromatic rings. The van der Waals surface area contributed by atoms with Gasteiger partial charge in [0.05, 0.1) is 17.5 Å². The van der Waals surface area contributed by atoms with Crippen molar-refractivity contribution < 1.29 is 4.79 Å². The highest BCUT2D eigenvalue weighted by Crippen LogP contribution is 2.15. The van der Waals surface area contributed by atoms with E-state index >= 15 is 0 Å². The first-order chi connectivity index (χ1) is 8.41. The number of nitrogens with two attached hydrogens (primary N) is 1. The summed E-state index contributed by atoms with van der Waals surface area (Å²) >= 11 is 10.9. The Morgan fingerprint density at radius 2 is 2.06 bits per heavy atom. The molecule has 5 heteroatoms. The first-order valence-electron chi connectivity index (χ1n) is 5.74. The Bertz CT molecular complexity index is 448. The smallest absolute Gasteiger partial charge is 0.225 e. The van der Waals surface area contributed by atoms with E-state index in [-0.39, 0.29) is 24.3 Å². The monoisotopic (exact) mass is 284 g/mol. The lowest BCUT2D eigenvalue weighted by atomic mass is 10.0. The quantitative estimate of drug-likeness (QED) is 0.816. The third-order valence-corrected chi connectivity index (χ3v) is 3.22. The molecular weight excluding hydrogens is 268 g/mol. The molecule has 1 amide bonds. The van der Waals surface area contributed by atoms with Crippen LogP contribution in [0.5, 0.6) is 0 Å². The molecule has 0 saturated heterocycles. The van der Waals surface area contributed by atoms with E-state index in [1.165, 1.54) is 0 Å². The van der Waals surface area contributed by atoms with Crippen LogP contribution in [0.2, 0.25) is 5.02 Å². The van der Waals surface area contributed by atoms with Crippen molar-refractivity contribution in [3.05, 3.63) is 34.9 Å². The molecule has 0 radical (unpaired) electrons. The van der Waals surface area contributed by atoms with Gasteiger partial charge in [-0.15, -0.1) is 0 Å². The molecular formula is C13H17ClN2OS. The minimum absolute atomic E-state index is 0.130. The standard InChI is InChI=1S/C13H17ClN2OS/c1-8(2)12(13(15)18)16-11(17)7-9-5-3-4-6-10(9)14/h3-6,8,12H,7H2,1-2H3,(H2,15,18)(H,16,17). The largest absolute Gasteiger partial charge is 0.392 e. The number of nitrogens with one attached hydrogen (secondary N) is 1. The molecule has 1 unspecified atom stereocenters. The summed E-state index contributed by atoms with van der Waals surface area (Å²) in [5.74, 6) is 0.0345. The number of carbonyl (C=O) groups is 1. The fourth-order valence-corrected chi connectivity index (χ4v) is 2.14. The minimum Gasteiger partial charge on any atom is -0.392 e. The predicted molar refractivity (Wildman–Crippen MR) is 78.7 cm³/mol. The summed E-state index contributed by atoms with van der Waals surface area (Å²) in [5.41, 5.74) is 6.39. The SMILES string of the molecule is CC(C)C(NC(=O)Cc1ccccc1Cl)C(N)=S. The number of rotatable bonds is 5. The van der Waals surface area contributed by atoms with Crippen molar-refractivity contribution in [3.63, 3.8) is 0 Å². The number of amides is 1. The zero-order valence-corrected chi connectivity index (χ0v) is 12.0. The molecule has 3 nitrogen and oxygen atoms in total. The third-order valence-electron chi connectivity index (χ3n) is 2.60. The molecule has 1 aromatic carbocycles. The Balaban J connectivity index is 2.67. The van der Waals surface area contributed by atoms with E-state index in [1.807, 2.05) is 32.0 Å². The van der Waals surface area contributed by atoms with Gasteiger partial charge in [-0.25, -0.2) is 0 Å². The van der Waals surface area contributed by atoms with E-state index in [0.717, 1.165) is 5.56 Å². The lowest BCUT2D eigenvalue weighted by Crippen LogP contribution is -2.47. The molecule has 0 aromatic heterocycles. The molecule has 0 aliphatic heterocycles. The van der Waals surface area contributed by atoms with E-state index in [2.05, 4.69) is 5.32 Å². The van der Waals surface area contributed by atoms with Gasteiger partial charge in [0.2, 0.25) is 5.91 Å². The van der Waals surface area contributed by atoms with Gasteiger partial charge in [0, 0.05) is 5.02 Å². The second-order valence-electron chi connectivity index (χ2n) is 4.46. The van der Waals surface area contributed by atoms with Crippen LogP contribution in [0.15, 0.2) is 24.3 Å². The summed E-state index contributed by atoms with van der Waals surface area (Å²) in [7, 11) is 0. The lowest BCUT2D eigenvalue weighted by molar-refractivity contribution is -0.120. The van der Waals surface area contributed by atoms with Crippen molar-refractivity contribution in [2.75, 3.05) is 0 Å². The van der Waals surface area contributed by atoms with Crippen molar-refractivity contribution in [1.29, 1.82) is 0 Å². The van der Waals surface area contributed by atoms with Gasteiger partial charge >= 0.3 is 0 Å². The van der Waals surface area contributed by atoms with Crippen LogP contribution < -0.4 is 11.1 Å². The van der Waals surface area contributed by atoms with Gasteiger partial charge in [-0.05, 0) is 17.5 Å². The highest BCUT2D eigenvalue weighted by Gasteiger charge is 2.19. The number of carbonyl (C=O) groups excluding carboxylic acids is 1. The average Bonchev–Trinajstić information content (AvgIpc) is 2.28. The van der Waals surface area contributed by atoms with Gasteiger partial charge in [-0.2, -0.15) is 0 Å². The van der Waals surface area contributed by atoms with Gasteiger partial charge in [0.1, 0.15) is 0 Å². The van der Waals surface area contributed by atoms with Crippen LogP contribution in [0.4, 0.5) is 0 Å². The maximum Gasteiger partial charge on any atom is 0.225 e. The molecule has 98 valence electrons. The third kappa shape index (κ3) is 4.27. The van der Waals surface area contributed by atoms with Crippen molar-refractivity contribution in [3.8, 4) is 0 Å². The van der Waals surface area contributed by atoms with Gasteiger partial charge in [0.25, 0.3) is 0 Å². The highest BCUT2D eigenvalue weighted by molar-refractivity contribution is 7.80. The van der Waals surface area contributed by atoms with Crippen LogP contribution in [-0.4, -0.2) is 16.9 Å². The van der Waals surface area contributed by atoms with E-state index in [9.17, 15) is 4.79 Å². The molecule has 0 spiro atoms. The molecule has 0 aliphatic carbocycles. The molecule has 0 aliphatic rings. The van der Waals surface area contributed by atoms with E-state index in [1.54, 1.807) is 6.07 Å². The van der Waals surface area contributed by atoms with Gasteiger partial charge in [-0.1, -0.05) is 55.9 Å². The van der Waals surface area contributed by atoms with Crippen molar-refractivity contribution in [1.82, 2.24) is 5.32 Å². The first kappa shape index (κ1) is 14.9. The Morgan fingerprint density at radius 1 is 1.44 bits per heavy atom. The van der Waals surface area contributed by atoms with Crippen LogP contribution in [0.25, 0.3) is 0 Å². The molecule has 1 rings (SSSR count). The fourth-order valence-electron chi connectivity index (χ4n) is 1.61. The van der Waals surface area contributed by atoms with E-state index in [0.29, 0.717) is 10.0 Å². The zero-order chi connectivity index (χ0) is 13.7. The lowest BCUT2D eigenvalue weighted by Gasteiger charge is -2.21. The van der Waals surface area contributed by atoms with Gasteiger partial charge < -0.3 is 11.1 Å². The van der Waals surface area contributed by atoms with Crippen LogP contribution in [-0.2, 0) is 11.2 Å². The summed E-state index contributed by atoms with van der Waals surface area (Å²) in [6.07, 6.45) is 0.228. The molecule has 1 atom stereocenters. The minimum atomic E-state index is -0.282. The van der Waals surface area contributed by atoms with E-state index < -0.39 is 0 Å².